The lowest BCUT2D eigenvalue weighted by Crippen LogP contribution is -2.33. The highest BCUT2D eigenvalue weighted by molar-refractivity contribution is 5.70. The number of carbonyl (C=O) groups is 1. The number of rotatable bonds is 9. The number of anilines is 1. The van der Waals surface area contributed by atoms with Crippen LogP contribution >= 0.6 is 0 Å². The first kappa shape index (κ1) is 22.4. The molecule has 2 aliphatic heterocycles. The smallest absolute Gasteiger partial charge is 0.325 e. The molecule has 4 rings (SSSR count). The van der Waals surface area contributed by atoms with E-state index in [2.05, 4.69) is 10.3 Å². The molecule has 0 amide bonds. The lowest BCUT2D eigenvalue weighted by atomic mass is 10.1. The normalized spacial score (nSPS) is 24.3. The van der Waals surface area contributed by atoms with Crippen LogP contribution < -0.4 is 10.9 Å². The number of nitrogens with one attached hydrogen (secondary N) is 1. The molecule has 0 bridgehead atoms. The number of carbonyl (C=O) groups excluding carboxylic acids is 1. The van der Waals surface area contributed by atoms with Crippen LogP contribution in [0.2, 0.25) is 0 Å². The number of hydrogen-bond acceptors (Lipinski definition) is 9. The van der Waals surface area contributed by atoms with Gasteiger partial charge in [-0.15, -0.1) is 0 Å². The topological polar surface area (TPSA) is 121 Å². The van der Waals surface area contributed by atoms with E-state index in [1.54, 1.807) is 0 Å². The van der Waals surface area contributed by atoms with Crippen molar-refractivity contribution in [2.75, 3.05) is 38.8 Å². The third kappa shape index (κ3) is 4.83. The van der Waals surface area contributed by atoms with Crippen molar-refractivity contribution in [2.24, 2.45) is 0 Å². The molecule has 2 N–H and O–H groups in total. The van der Waals surface area contributed by atoms with E-state index < -0.39 is 12.1 Å². The SMILES string of the molecule is COC(=O)Cn1c(-c2ccccc2)ncc(NCCCO[C@@H]2CO[C@H]3[C@@H]2OC[C@H]3O)c1=O. The number of aromatic nitrogens is 2. The summed E-state index contributed by atoms with van der Waals surface area (Å²) in [4.78, 5) is 29.3. The molecule has 0 aliphatic carbocycles. The number of aliphatic hydroxyl groups excluding tert-OH is 1. The van der Waals surface area contributed by atoms with Crippen molar-refractivity contribution in [3.8, 4) is 11.4 Å². The van der Waals surface area contributed by atoms with E-state index in [9.17, 15) is 14.7 Å². The molecule has 0 spiro atoms. The highest BCUT2D eigenvalue weighted by Gasteiger charge is 2.47. The number of ether oxygens (including phenoxy) is 4. The zero-order chi connectivity index (χ0) is 22.5. The molecule has 172 valence electrons. The summed E-state index contributed by atoms with van der Waals surface area (Å²) in [6, 6.07) is 9.19. The molecular formula is C22H27N3O7. The van der Waals surface area contributed by atoms with Gasteiger partial charge in [0.1, 0.15) is 42.5 Å². The Kier molecular flexibility index (Phi) is 7.15. The molecule has 2 saturated heterocycles. The molecule has 2 aliphatic rings. The van der Waals surface area contributed by atoms with E-state index in [1.165, 1.54) is 17.9 Å². The largest absolute Gasteiger partial charge is 0.468 e. The zero-order valence-electron chi connectivity index (χ0n) is 17.8. The summed E-state index contributed by atoms with van der Waals surface area (Å²) in [5.74, 6) is -0.141. The first-order chi connectivity index (χ1) is 15.6. The van der Waals surface area contributed by atoms with Gasteiger partial charge in [-0.3, -0.25) is 14.2 Å². The van der Waals surface area contributed by atoms with Gasteiger partial charge in [0.25, 0.3) is 5.56 Å². The van der Waals surface area contributed by atoms with Gasteiger partial charge >= 0.3 is 5.97 Å². The Hall–Kier alpha value is -2.79. The first-order valence-corrected chi connectivity index (χ1v) is 10.6. The number of fused-ring (bicyclic) bond motifs is 1. The lowest BCUT2D eigenvalue weighted by Gasteiger charge is -2.17. The van der Waals surface area contributed by atoms with E-state index in [0.717, 1.165) is 5.56 Å². The number of methoxy groups -OCH3 is 1. The Balaban J connectivity index is 1.36. The molecule has 4 atom stereocenters. The highest BCUT2D eigenvalue weighted by atomic mass is 16.6. The molecular weight excluding hydrogens is 418 g/mol. The minimum Gasteiger partial charge on any atom is -0.468 e. The van der Waals surface area contributed by atoms with Crippen LogP contribution in [0.15, 0.2) is 41.3 Å². The van der Waals surface area contributed by atoms with Crippen LogP contribution in [-0.2, 0) is 30.3 Å². The molecule has 32 heavy (non-hydrogen) atoms. The number of aliphatic hydroxyl groups is 1. The Morgan fingerprint density at radius 1 is 1.25 bits per heavy atom. The Bertz CT molecular complexity index is 981. The van der Waals surface area contributed by atoms with Gasteiger partial charge in [0.05, 0.1) is 26.5 Å². The third-order valence-electron chi connectivity index (χ3n) is 5.54. The van der Waals surface area contributed by atoms with E-state index >= 15 is 0 Å². The van der Waals surface area contributed by atoms with Gasteiger partial charge in [-0.25, -0.2) is 4.98 Å². The van der Waals surface area contributed by atoms with Crippen LogP contribution in [0, 0.1) is 0 Å². The fraction of sp³-hybridized carbons (Fsp3) is 0.500. The molecule has 3 heterocycles. The lowest BCUT2D eigenvalue weighted by molar-refractivity contribution is -0.141. The average molecular weight is 445 g/mol. The molecule has 0 radical (unpaired) electrons. The maximum Gasteiger partial charge on any atom is 0.325 e. The molecule has 10 nitrogen and oxygen atoms in total. The van der Waals surface area contributed by atoms with E-state index in [0.29, 0.717) is 37.7 Å². The zero-order valence-corrected chi connectivity index (χ0v) is 17.8. The molecule has 1 aromatic heterocycles. The molecule has 2 fully saturated rings. The van der Waals surface area contributed by atoms with Crippen molar-refractivity contribution in [3.63, 3.8) is 0 Å². The quantitative estimate of drug-likeness (QED) is 0.418. The summed E-state index contributed by atoms with van der Waals surface area (Å²) in [5, 5.41) is 12.9. The minimum absolute atomic E-state index is 0.207. The highest BCUT2D eigenvalue weighted by Crippen LogP contribution is 2.28. The van der Waals surface area contributed by atoms with Gasteiger partial charge in [0.15, 0.2) is 0 Å². The van der Waals surface area contributed by atoms with Crippen molar-refractivity contribution in [1.82, 2.24) is 9.55 Å². The first-order valence-electron chi connectivity index (χ1n) is 10.6. The Morgan fingerprint density at radius 3 is 2.81 bits per heavy atom. The summed E-state index contributed by atoms with van der Waals surface area (Å²) in [6.45, 7) is 1.34. The molecule has 1 aromatic carbocycles. The fourth-order valence-corrected chi connectivity index (χ4v) is 3.89. The van der Waals surface area contributed by atoms with E-state index in [4.69, 9.17) is 18.9 Å². The second-order valence-corrected chi connectivity index (χ2v) is 7.68. The number of hydrogen-bond donors (Lipinski definition) is 2. The fourth-order valence-electron chi connectivity index (χ4n) is 3.89. The van der Waals surface area contributed by atoms with Crippen molar-refractivity contribution in [3.05, 3.63) is 46.9 Å². The molecule has 10 heteroatoms. The van der Waals surface area contributed by atoms with Crippen LogP contribution in [0.5, 0.6) is 0 Å². The summed E-state index contributed by atoms with van der Waals surface area (Å²) >= 11 is 0. The van der Waals surface area contributed by atoms with E-state index in [1.807, 2.05) is 30.3 Å². The van der Waals surface area contributed by atoms with Crippen molar-refractivity contribution >= 4 is 11.7 Å². The molecule has 2 aromatic rings. The summed E-state index contributed by atoms with van der Waals surface area (Å²) in [6.07, 6.45) is 0.740. The summed E-state index contributed by atoms with van der Waals surface area (Å²) in [5.41, 5.74) is 0.662. The van der Waals surface area contributed by atoms with Gasteiger partial charge in [-0.1, -0.05) is 30.3 Å². The van der Waals surface area contributed by atoms with Crippen LogP contribution in [0.4, 0.5) is 5.69 Å². The predicted molar refractivity (Wildman–Crippen MR) is 114 cm³/mol. The standard InChI is InChI=1S/C22H27N3O7/c1-29-18(27)11-25-21(14-6-3-2-4-7-14)24-10-15(22(25)28)23-8-5-9-30-17-13-32-19-16(26)12-31-20(17)19/h2-4,6-7,10,16-17,19-20,23,26H,5,8-9,11-13H2,1H3/t16-,17-,19-,20-/m1/s1. The predicted octanol–water partition coefficient (Wildman–Crippen LogP) is 0.429. The average Bonchev–Trinajstić information content (AvgIpc) is 3.39. The molecule has 0 saturated carbocycles. The van der Waals surface area contributed by atoms with Gasteiger partial charge in [-0.05, 0) is 6.42 Å². The van der Waals surface area contributed by atoms with E-state index in [-0.39, 0.29) is 37.0 Å². The van der Waals surface area contributed by atoms with Crippen molar-refractivity contribution in [1.29, 1.82) is 0 Å². The van der Waals surface area contributed by atoms with Crippen LogP contribution in [-0.4, -0.2) is 78.5 Å². The summed E-state index contributed by atoms with van der Waals surface area (Å²) < 4.78 is 23.0. The Labute approximate surface area is 185 Å². The van der Waals surface area contributed by atoms with Crippen LogP contribution in [0.1, 0.15) is 6.42 Å². The van der Waals surface area contributed by atoms with Crippen LogP contribution in [0.25, 0.3) is 11.4 Å². The van der Waals surface area contributed by atoms with Crippen LogP contribution in [0.3, 0.4) is 0 Å². The maximum absolute atomic E-state index is 13.0. The third-order valence-corrected chi connectivity index (χ3v) is 5.54. The van der Waals surface area contributed by atoms with Gasteiger partial charge in [-0.2, -0.15) is 0 Å². The number of nitrogens with zero attached hydrogens (tertiary/aromatic N) is 2. The van der Waals surface area contributed by atoms with Crippen molar-refractivity contribution in [2.45, 2.75) is 37.4 Å². The summed E-state index contributed by atoms with van der Waals surface area (Å²) in [7, 11) is 1.28. The second-order valence-electron chi connectivity index (χ2n) is 7.68. The molecule has 0 unspecified atom stereocenters. The monoisotopic (exact) mass is 445 g/mol. The minimum atomic E-state index is -0.603. The number of benzene rings is 1. The van der Waals surface area contributed by atoms with Gasteiger partial charge in [0, 0.05) is 18.7 Å². The number of esters is 1. The van der Waals surface area contributed by atoms with Crippen molar-refractivity contribution < 1.29 is 28.8 Å². The van der Waals surface area contributed by atoms with Gasteiger partial charge < -0.3 is 29.4 Å². The second kappa shape index (κ2) is 10.2. The maximum atomic E-state index is 13.0. The van der Waals surface area contributed by atoms with Gasteiger partial charge in [0.2, 0.25) is 0 Å². The Morgan fingerprint density at radius 2 is 2.03 bits per heavy atom.